The number of urea groups is 1. The second-order valence-electron chi connectivity index (χ2n) is 6.63. The molecule has 8 heteroatoms. The molecule has 1 saturated carbocycles. The number of nitrogens with one attached hydrogen (secondary N) is 4. The number of halogens is 1. The molecule has 0 bridgehead atoms. The van der Waals surface area contributed by atoms with E-state index in [0.717, 1.165) is 18.4 Å². The summed E-state index contributed by atoms with van der Waals surface area (Å²) in [5, 5.41) is 11.3. The normalized spacial score (nSPS) is 12.8. The van der Waals surface area contributed by atoms with Gasteiger partial charge in [0, 0.05) is 30.9 Å². The molecular formula is C20H21ClN4O3. The van der Waals surface area contributed by atoms with Crippen LogP contribution in [0.1, 0.15) is 35.7 Å². The minimum atomic E-state index is -0.416. The monoisotopic (exact) mass is 400 g/mol. The number of amides is 4. The zero-order valence-corrected chi connectivity index (χ0v) is 16.1. The summed E-state index contributed by atoms with van der Waals surface area (Å²) in [6, 6.07) is 11.8. The van der Waals surface area contributed by atoms with Gasteiger partial charge in [0.15, 0.2) is 0 Å². The summed E-state index contributed by atoms with van der Waals surface area (Å²) in [4.78, 5) is 35.5. The number of hydrogen-bond acceptors (Lipinski definition) is 3. The van der Waals surface area contributed by atoms with Crippen LogP contribution in [0, 0.1) is 0 Å². The van der Waals surface area contributed by atoms with Gasteiger partial charge in [-0.25, -0.2) is 4.79 Å². The predicted octanol–water partition coefficient (Wildman–Crippen LogP) is 3.51. The maximum absolute atomic E-state index is 12.2. The van der Waals surface area contributed by atoms with Crippen LogP contribution >= 0.6 is 11.6 Å². The van der Waals surface area contributed by atoms with E-state index in [4.69, 9.17) is 11.6 Å². The van der Waals surface area contributed by atoms with Crippen LogP contribution in [0.15, 0.2) is 42.5 Å². The van der Waals surface area contributed by atoms with Crippen molar-refractivity contribution in [2.45, 2.75) is 32.4 Å². The van der Waals surface area contributed by atoms with Gasteiger partial charge in [0.25, 0.3) is 5.91 Å². The first kappa shape index (κ1) is 19.7. The lowest BCUT2D eigenvalue weighted by molar-refractivity contribution is -0.114. The fraction of sp³-hybridized carbons (Fsp3) is 0.250. The molecule has 0 saturated heterocycles. The lowest BCUT2D eigenvalue weighted by atomic mass is 10.2. The van der Waals surface area contributed by atoms with Crippen LogP contribution in [0.2, 0.25) is 5.02 Å². The summed E-state index contributed by atoms with van der Waals surface area (Å²) in [5.74, 6) is -0.404. The molecule has 4 N–H and O–H groups in total. The van der Waals surface area contributed by atoms with Gasteiger partial charge in [-0.3, -0.25) is 9.59 Å². The average molecular weight is 401 g/mol. The summed E-state index contributed by atoms with van der Waals surface area (Å²) in [6.07, 6.45) is 1.96. The Morgan fingerprint density at radius 1 is 1.04 bits per heavy atom. The van der Waals surface area contributed by atoms with Crippen molar-refractivity contribution in [3.05, 3.63) is 58.6 Å². The van der Waals surface area contributed by atoms with Gasteiger partial charge < -0.3 is 21.3 Å². The zero-order valence-electron chi connectivity index (χ0n) is 15.3. The molecule has 2 aromatic rings. The van der Waals surface area contributed by atoms with E-state index >= 15 is 0 Å². The number of benzene rings is 2. The van der Waals surface area contributed by atoms with E-state index in [-0.39, 0.29) is 24.4 Å². The Balaban J connectivity index is 1.57. The van der Waals surface area contributed by atoms with Gasteiger partial charge >= 0.3 is 6.03 Å². The minimum absolute atomic E-state index is 0.160. The topological polar surface area (TPSA) is 99.3 Å². The molecular weight excluding hydrogens is 380 g/mol. The van der Waals surface area contributed by atoms with Crippen molar-refractivity contribution in [2.75, 3.05) is 10.6 Å². The van der Waals surface area contributed by atoms with Gasteiger partial charge in [0.05, 0.1) is 10.6 Å². The molecule has 0 heterocycles. The number of anilines is 2. The number of carbonyl (C=O) groups is 3. The molecule has 0 atom stereocenters. The van der Waals surface area contributed by atoms with Gasteiger partial charge in [-0.1, -0.05) is 23.7 Å². The van der Waals surface area contributed by atoms with Crippen LogP contribution in [-0.4, -0.2) is 23.9 Å². The molecule has 0 spiro atoms. The molecule has 1 aliphatic carbocycles. The molecule has 0 aliphatic heterocycles. The molecule has 28 heavy (non-hydrogen) atoms. The predicted molar refractivity (Wildman–Crippen MR) is 109 cm³/mol. The quantitative estimate of drug-likeness (QED) is 0.597. The Morgan fingerprint density at radius 2 is 1.79 bits per heavy atom. The van der Waals surface area contributed by atoms with Crippen molar-refractivity contribution in [3.63, 3.8) is 0 Å². The molecule has 3 rings (SSSR count). The van der Waals surface area contributed by atoms with Crippen molar-refractivity contribution in [1.29, 1.82) is 0 Å². The van der Waals surface area contributed by atoms with Gasteiger partial charge in [-0.05, 0) is 48.7 Å². The second kappa shape index (κ2) is 8.75. The Bertz CT molecular complexity index is 912. The van der Waals surface area contributed by atoms with Gasteiger partial charge in [-0.2, -0.15) is 0 Å². The van der Waals surface area contributed by atoms with Crippen molar-refractivity contribution < 1.29 is 14.4 Å². The van der Waals surface area contributed by atoms with Crippen LogP contribution < -0.4 is 21.3 Å². The number of hydrogen-bond donors (Lipinski definition) is 4. The van der Waals surface area contributed by atoms with Gasteiger partial charge in [-0.15, -0.1) is 0 Å². The highest BCUT2D eigenvalue weighted by Gasteiger charge is 2.24. The third-order valence-electron chi connectivity index (χ3n) is 4.08. The summed E-state index contributed by atoms with van der Waals surface area (Å²) in [6.45, 7) is 1.71. The first-order valence-electron chi connectivity index (χ1n) is 8.92. The Morgan fingerprint density at radius 3 is 2.50 bits per heavy atom. The van der Waals surface area contributed by atoms with Gasteiger partial charge in [0.2, 0.25) is 5.91 Å². The Hall–Kier alpha value is -3.06. The van der Waals surface area contributed by atoms with Crippen molar-refractivity contribution in [1.82, 2.24) is 10.6 Å². The summed E-state index contributed by atoms with van der Waals surface area (Å²) in [5.41, 5.74) is 2.29. The fourth-order valence-electron chi connectivity index (χ4n) is 2.59. The fourth-order valence-corrected chi connectivity index (χ4v) is 2.79. The molecule has 0 unspecified atom stereocenters. The SMILES string of the molecule is CC(=O)Nc1cccc(CNC(=O)Nc2ccc(Cl)c(C(=O)NC3CC3)c2)c1. The average Bonchev–Trinajstić information content (AvgIpc) is 3.45. The lowest BCUT2D eigenvalue weighted by Crippen LogP contribution is -2.29. The van der Waals surface area contributed by atoms with Crippen molar-refractivity contribution in [3.8, 4) is 0 Å². The molecule has 1 aliphatic rings. The highest BCUT2D eigenvalue weighted by atomic mass is 35.5. The highest BCUT2D eigenvalue weighted by Crippen LogP contribution is 2.24. The van der Waals surface area contributed by atoms with Crippen LogP contribution in [0.25, 0.3) is 0 Å². The summed E-state index contributed by atoms with van der Waals surface area (Å²) < 4.78 is 0. The molecule has 4 amide bonds. The Kier molecular flexibility index (Phi) is 6.16. The minimum Gasteiger partial charge on any atom is -0.349 e. The maximum Gasteiger partial charge on any atom is 0.319 e. The van der Waals surface area contributed by atoms with Crippen molar-refractivity contribution >= 4 is 40.8 Å². The maximum atomic E-state index is 12.2. The van der Waals surface area contributed by atoms with E-state index in [1.807, 2.05) is 6.07 Å². The van der Waals surface area contributed by atoms with E-state index in [1.165, 1.54) is 6.92 Å². The standard InChI is InChI=1S/C20H21ClN4O3/c1-12(26)23-15-4-2-3-13(9-15)11-22-20(28)25-16-7-8-18(21)17(10-16)19(27)24-14-5-6-14/h2-4,7-10,14H,5-6,11H2,1H3,(H,23,26)(H,24,27)(H2,22,25,28). The largest absolute Gasteiger partial charge is 0.349 e. The molecule has 7 nitrogen and oxygen atoms in total. The summed E-state index contributed by atoms with van der Waals surface area (Å²) in [7, 11) is 0. The molecule has 0 radical (unpaired) electrons. The first-order valence-corrected chi connectivity index (χ1v) is 9.30. The molecule has 146 valence electrons. The van der Waals surface area contributed by atoms with Crippen LogP contribution in [-0.2, 0) is 11.3 Å². The highest BCUT2D eigenvalue weighted by molar-refractivity contribution is 6.34. The van der Waals surface area contributed by atoms with E-state index in [1.54, 1.807) is 36.4 Å². The van der Waals surface area contributed by atoms with Crippen LogP contribution in [0.4, 0.5) is 16.2 Å². The lowest BCUT2D eigenvalue weighted by Gasteiger charge is -2.11. The third kappa shape index (κ3) is 5.72. The van der Waals surface area contributed by atoms with Crippen LogP contribution in [0.5, 0.6) is 0 Å². The second-order valence-corrected chi connectivity index (χ2v) is 7.04. The third-order valence-corrected chi connectivity index (χ3v) is 4.41. The summed E-state index contributed by atoms with van der Waals surface area (Å²) >= 11 is 6.10. The Labute approximate surface area is 167 Å². The van der Waals surface area contributed by atoms with E-state index in [2.05, 4.69) is 21.3 Å². The van der Waals surface area contributed by atoms with E-state index < -0.39 is 6.03 Å². The zero-order chi connectivity index (χ0) is 20.1. The van der Waals surface area contributed by atoms with Crippen LogP contribution in [0.3, 0.4) is 0 Å². The first-order chi connectivity index (χ1) is 13.4. The molecule has 0 aromatic heterocycles. The van der Waals surface area contributed by atoms with E-state index in [0.29, 0.717) is 22.0 Å². The smallest absolute Gasteiger partial charge is 0.319 e. The molecule has 1 fully saturated rings. The molecule has 2 aromatic carbocycles. The number of carbonyl (C=O) groups excluding carboxylic acids is 3. The van der Waals surface area contributed by atoms with Gasteiger partial charge in [0.1, 0.15) is 0 Å². The van der Waals surface area contributed by atoms with E-state index in [9.17, 15) is 14.4 Å². The number of rotatable bonds is 6. The van der Waals surface area contributed by atoms with Crippen molar-refractivity contribution in [2.24, 2.45) is 0 Å².